The molecule has 1 aromatic carbocycles. The van der Waals surface area contributed by atoms with Gasteiger partial charge in [0.1, 0.15) is 0 Å². The monoisotopic (exact) mass is 327 g/mol. The zero-order chi connectivity index (χ0) is 13.8. The van der Waals surface area contributed by atoms with Crippen LogP contribution in [0.2, 0.25) is 0 Å². The molecule has 1 amide bonds. The van der Waals surface area contributed by atoms with E-state index in [-0.39, 0.29) is 29.0 Å². The van der Waals surface area contributed by atoms with Crippen molar-refractivity contribution in [2.24, 2.45) is 0 Å². The highest BCUT2D eigenvalue weighted by molar-refractivity contribution is 9.09. The second-order valence-corrected chi connectivity index (χ2v) is 5.59. The van der Waals surface area contributed by atoms with Crippen LogP contribution in [0.1, 0.15) is 36.0 Å². The number of halogens is 1. The molecule has 19 heavy (non-hydrogen) atoms. The number of rotatable bonds is 4. The van der Waals surface area contributed by atoms with Gasteiger partial charge in [-0.25, -0.2) is 0 Å². The lowest BCUT2D eigenvalue weighted by molar-refractivity contribution is 0.0726. The van der Waals surface area contributed by atoms with E-state index in [9.17, 15) is 15.0 Å². The Bertz CT molecular complexity index is 464. The van der Waals surface area contributed by atoms with Gasteiger partial charge < -0.3 is 15.1 Å². The molecule has 2 N–H and O–H groups in total. The molecule has 104 valence electrons. The van der Waals surface area contributed by atoms with Gasteiger partial charge in [-0.05, 0) is 37.8 Å². The molecule has 0 saturated carbocycles. The van der Waals surface area contributed by atoms with Crippen molar-refractivity contribution in [1.29, 1.82) is 0 Å². The summed E-state index contributed by atoms with van der Waals surface area (Å²) in [6, 6.07) is 4.74. The summed E-state index contributed by atoms with van der Waals surface area (Å²) < 4.78 is 0. The zero-order valence-electron chi connectivity index (χ0n) is 10.7. The lowest BCUT2D eigenvalue weighted by Gasteiger charge is -2.25. The maximum absolute atomic E-state index is 12.4. The van der Waals surface area contributed by atoms with Crippen molar-refractivity contribution in [2.75, 3.05) is 11.9 Å². The summed E-state index contributed by atoms with van der Waals surface area (Å²) in [6.07, 6.45) is 4.01. The van der Waals surface area contributed by atoms with Crippen molar-refractivity contribution >= 4 is 21.8 Å². The first kappa shape index (κ1) is 14.2. The molecule has 1 aliphatic rings. The maximum atomic E-state index is 12.4. The molecule has 5 heteroatoms. The second kappa shape index (κ2) is 6.28. The molecule has 0 radical (unpaired) electrons. The molecule has 2 rings (SSSR count). The number of carbonyl (C=O) groups is 1. The van der Waals surface area contributed by atoms with E-state index in [0.717, 1.165) is 37.6 Å². The Labute approximate surface area is 121 Å². The van der Waals surface area contributed by atoms with Crippen molar-refractivity contribution in [3.8, 4) is 11.5 Å². The molecule has 0 bridgehead atoms. The van der Waals surface area contributed by atoms with Gasteiger partial charge in [0.05, 0.1) is 5.56 Å². The minimum absolute atomic E-state index is 0.186. The second-order valence-electron chi connectivity index (χ2n) is 4.80. The number of phenolic OH excluding ortho intramolecular Hbond substituents is 2. The Morgan fingerprint density at radius 3 is 2.95 bits per heavy atom. The first-order valence-corrected chi connectivity index (χ1v) is 7.65. The fraction of sp³-hybridized carbons (Fsp3) is 0.500. The highest BCUT2D eigenvalue weighted by Gasteiger charge is 2.30. The quantitative estimate of drug-likeness (QED) is 0.660. The number of hydrogen-bond acceptors (Lipinski definition) is 3. The largest absolute Gasteiger partial charge is 0.504 e. The van der Waals surface area contributed by atoms with Gasteiger partial charge in [0, 0.05) is 17.9 Å². The fourth-order valence-corrected chi connectivity index (χ4v) is 2.90. The summed E-state index contributed by atoms with van der Waals surface area (Å²) in [5, 5.41) is 20.2. The molecular weight excluding hydrogens is 310 g/mol. The van der Waals surface area contributed by atoms with E-state index in [2.05, 4.69) is 15.9 Å². The highest BCUT2D eigenvalue weighted by atomic mass is 79.9. The number of hydrogen-bond donors (Lipinski definition) is 2. The Morgan fingerprint density at radius 1 is 1.42 bits per heavy atom. The molecule has 1 aliphatic heterocycles. The molecule has 1 fully saturated rings. The molecule has 0 spiro atoms. The van der Waals surface area contributed by atoms with Crippen LogP contribution in [0.25, 0.3) is 0 Å². The average Bonchev–Trinajstić information content (AvgIpc) is 2.87. The number of benzene rings is 1. The van der Waals surface area contributed by atoms with Crippen LogP contribution in [0.15, 0.2) is 18.2 Å². The van der Waals surface area contributed by atoms with E-state index in [4.69, 9.17) is 0 Å². The Kier molecular flexibility index (Phi) is 4.69. The van der Waals surface area contributed by atoms with Gasteiger partial charge in [-0.1, -0.05) is 22.0 Å². The van der Waals surface area contributed by atoms with Crippen LogP contribution >= 0.6 is 15.9 Å². The lowest BCUT2D eigenvalue weighted by atomic mass is 10.1. The molecule has 1 aromatic rings. The predicted molar refractivity (Wildman–Crippen MR) is 76.9 cm³/mol. The van der Waals surface area contributed by atoms with Crippen molar-refractivity contribution in [3.05, 3.63) is 23.8 Å². The third-order valence-corrected chi connectivity index (χ3v) is 4.11. The van der Waals surface area contributed by atoms with Gasteiger partial charge in [0.15, 0.2) is 11.5 Å². The molecule has 1 saturated heterocycles. The molecule has 0 aliphatic carbocycles. The van der Waals surface area contributed by atoms with Crippen molar-refractivity contribution in [1.82, 2.24) is 4.90 Å². The molecule has 0 aromatic heterocycles. The van der Waals surface area contributed by atoms with E-state index in [0.29, 0.717) is 0 Å². The maximum Gasteiger partial charge on any atom is 0.258 e. The third-order valence-electron chi connectivity index (χ3n) is 3.55. The van der Waals surface area contributed by atoms with E-state index in [1.807, 2.05) is 4.90 Å². The smallest absolute Gasteiger partial charge is 0.258 e. The van der Waals surface area contributed by atoms with E-state index in [1.54, 1.807) is 12.1 Å². The number of carbonyl (C=O) groups excluding carboxylic acids is 1. The van der Waals surface area contributed by atoms with Crippen LogP contribution in [0.3, 0.4) is 0 Å². The van der Waals surface area contributed by atoms with Crippen molar-refractivity contribution < 1.29 is 15.0 Å². The van der Waals surface area contributed by atoms with Crippen molar-refractivity contribution in [2.45, 2.75) is 31.7 Å². The number of aromatic hydroxyl groups is 2. The van der Waals surface area contributed by atoms with Crippen LogP contribution < -0.4 is 0 Å². The molecule has 1 unspecified atom stereocenters. The number of alkyl halides is 1. The summed E-state index contributed by atoms with van der Waals surface area (Å²) >= 11 is 3.40. The van der Waals surface area contributed by atoms with Crippen LogP contribution in [0, 0.1) is 0 Å². The fourth-order valence-electron chi connectivity index (χ4n) is 2.57. The standard InChI is InChI=1S/C14H18BrNO3/c15-8-2-4-10-5-3-9-16(10)14(19)11-6-1-7-12(17)13(11)18/h1,6-7,10,17-18H,2-5,8-9H2. The Balaban J connectivity index is 2.16. The molecule has 1 atom stereocenters. The van der Waals surface area contributed by atoms with Crippen LogP contribution in [-0.2, 0) is 0 Å². The SMILES string of the molecule is O=C(c1cccc(O)c1O)N1CCCC1CCCBr. The first-order chi connectivity index (χ1) is 9.15. The lowest BCUT2D eigenvalue weighted by Crippen LogP contribution is -2.35. The van der Waals surface area contributed by atoms with E-state index < -0.39 is 0 Å². The minimum atomic E-state index is -0.321. The highest BCUT2D eigenvalue weighted by Crippen LogP contribution is 2.31. The Hall–Kier alpha value is -1.23. The third kappa shape index (κ3) is 3.03. The number of para-hydroxylation sites is 1. The van der Waals surface area contributed by atoms with Gasteiger partial charge in [-0.3, -0.25) is 4.79 Å². The van der Waals surface area contributed by atoms with E-state index >= 15 is 0 Å². The Morgan fingerprint density at radius 2 is 2.21 bits per heavy atom. The number of phenols is 2. The van der Waals surface area contributed by atoms with Crippen molar-refractivity contribution in [3.63, 3.8) is 0 Å². The number of amides is 1. The summed E-state index contributed by atoms with van der Waals surface area (Å²) in [7, 11) is 0. The van der Waals surface area contributed by atoms with Crippen LogP contribution in [0.4, 0.5) is 0 Å². The van der Waals surface area contributed by atoms with Gasteiger partial charge in [-0.2, -0.15) is 0 Å². The number of nitrogens with zero attached hydrogens (tertiary/aromatic N) is 1. The van der Waals surface area contributed by atoms with Crippen LogP contribution in [0.5, 0.6) is 11.5 Å². The normalized spacial score (nSPS) is 18.8. The van der Waals surface area contributed by atoms with Gasteiger partial charge in [0.25, 0.3) is 5.91 Å². The predicted octanol–water partition coefficient (Wildman–Crippen LogP) is 2.88. The molecule has 4 nitrogen and oxygen atoms in total. The van der Waals surface area contributed by atoms with Crippen LogP contribution in [-0.4, -0.2) is 38.9 Å². The van der Waals surface area contributed by atoms with E-state index in [1.165, 1.54) is 6.07 Å². The summed E-state index contributed by atoms with van der Waals surface area (Å²) in [5.74, 6) is -0.758. The summed E-state index contributed by atoms with van der Waals surface area (Å²) in [6.45, 7) is 0.723. The minimum Gasteiger partial charge on any atom is -0.504 e. The topological polar surface area (TPSA) is 60.8 Å². The number of likely N-dealkylation sites (tertiary alicyclic amines) is 1. The summed E-state index contributed by atoms with van der Waals surface area (Å²) in [5.41, 5.74) is 0.186. The zero-order valence-corrected chi connectivity index (χ0v) is 12.3. The van der Waals surface area contributed by atoms with Gasteiger partial charge in [0.2, 0.25) is 0 Å². The molecule has 1 heterocycles. The van der Waals surface area contributed by atoms with Gasteiger partial charge in [-0.15, -0.1) is 0 Å². The first-order valence-electron chi connectivity index (χ1n) is 6.53. The van der Waals surface area contributed by atoms with Gasteiger partial charge >= 0.3 is 0 Å². The summed E-state index contributed by atoms with van der Waals surface area (Å²) in [4.78, 5) is 14.3. The average molecular weight is 328 g/mol. The molecular formula is C14H18BrNO3.